The summed E-state index contributed by atoms with van der Waals surface area (Å²) in [5, 5.41) is 18.9. The maximum atomic E-state index is 9.46. The van der Waals surface area contributed by atoms with E-state index in [4.69, 9.17) is 4.74 Å². The summed E-state index contributed by atoms with van der Waals surface area (Å²) in [6.45, 7) is 0. The first kappa shape index (κ1) is 14.2. The van der Waals surface area contributed by atoms with Crippen molar-refractivity contribution in [2.24, 2.45) is 0 Å². The van der Waals surface area contributed by atoms with Crippen LogP contribution in [0.1, 0.15) is 16.9 Å². The fraction of sp³-hybridized carbons (Fsp3) is 0.125. The molecule has 1 atom stereocenters. The lowest BCUT2D eigenvalue weighted by Gasteiger charge is -2.09. The summed E-state index contributed by atoms with van der Waals surface area (Å²) in [5.41, 5.74) is 1.58. The van der Waals surface area contributed by atoms with Gasteiger partial charge in [0.2, 0.25) is 0 Å². The highest BCUT2D eigenvalue weighted by molar-refractivity contribution is 6.44. The second kappa shape index (κ2) is 6.81. The highest BCUT2D eigenvalue weighted by Gasteiger charge is 2.22. The molecule has 0 aliphatic heterocycles. The van der Waals surface area contributed by atoms with Crippen molar-refractivity contribution in [1.82, 2.24) is 0 Å². The molecule has 0 heterocycles. The van der Waals surface area contributed by atoms with Crippen molar-refractivity contribution in [2.45, 2.75) is 5.82 Å². The Bertz CT molecular complexity index is 597. The van der Waals surface area contributed by atoms with Crippen LogP contribution in [-0.4, -0.2) is 24.3 Å². The second-order valence-corrected chi connectivity index (χ2v) is 4.30. The lowest BCUT2D eigenvalue weighted by Crippen LogP contribution is -2.22. The van der Waals surface area contributed by atoms with Gasteiger partial charge in [-0.1, -0.05) is 42.2 Å². The van der Waals surface area contributed by atoms with Gasteiger partial charge in [-0.25, -0.2) is 0 Å². The van der Waals surface area contributed by atoms with Gasteiger partial charge in [0.1, 0.15) is 5.75 Å². The average molecular weight is 266 g/mol. The molecular weight excluding hydrogens is 251 g/mol. The van der Waals surface area contributed by atoms with Crippen molar-refractivity contribution in [1.29, 1.82) is 0 Å². The van der Waals surface area contributed by atoms with Crippen LogP contribution in [0.5, 0.6) is 5.75 Å². The highest BCUT2D eigenvalue weighted by atomic mass is 16.5. The average Bonchev–Trinajstić information content (AvgIpc) is 2.49. The zero-order valence-electron chi connectivity index (χ0n) is 11.2. The zero-order valence-corrected chi connectivity index (χ0v) is 11.2. The predicted molar refractivity (Wildman–Crippen MR) is 79.2 cm³/mol. The molecular formula is C16H15BO3. The minimum absolute atomic E-state index is 0.627. The van der Waals surface area contributed by atoms with E-state index in [1.807, 2.05) is 54.6 Å². The Balaban J connectivity index is 2.23. The van der Waals surface area contributed by atoms with Crippen LogP contribution in [-0.2, 0) is 0 Å². The van der Waals surface area contributed by atoms with Crippen molar-refractivity contribution in [3.05, 3.63) is 65.7 Å². The van der Waals surface area contributed by atoms with E-state index < -0.39 is 12.9 Å². The molecule has 0 spiro atoms. The van der Waals surface area contributed by atoms with Gasteiger partial charge in [-0.15, -0.1) is 0 Å². The monoisotopic (exact) mass is 266 g/mol. The number of hydrogen-bond acceptors (Lipinski definition) is 3. The van der Waals surface area contributed by atoms with Gasteiger partial charge in [0.05, 0.1) is 12.9 Å². The smallest absolute Gasteiger partial charge is 0.472 e. The molecule has 0 bridgehead atoms. The Morgan fingerprint density at radius 1 is 1.00 bits per heavy atom. The van der Waals surface area contributed by atoms with Crippen molar-refractivity contribution < 1.29 is 14.8 Å². The highest BCUT2D eigenvalue weighted by Crippen LogP contribution is 2.16. The van der Waals surface area contributed by atoms with Gasteiger partial charge >= 0.3 is 7.12 Å². The van der Waals surface area contributed by atoms with E-state index in [1.165, 1.54) is 0 Å². The van der Waals surface area contributed by atoms with Gasteiger partial charge in [0.25, 0.3) is 0 Å². The Morgan fingerprint density at radius 3 is 2.20 bits per heavy atom. The van der Waals surface area contributed by atoms with Crippen molar-refractivity contribution >= 4 is 7.12 Å². The third-order valence-electron chi connectivity index (χ3n) is 2.92. The van der Waals surface area contributed by atoms with E-state index in [2.05, 4.69) is 11.8 Å². The van der Waals surface area contributed by atoms with Gasteiger partial charge in [-0.3, -0.25) is 0 Å². The van der Waals surface area contributed by atoms with Crippen molar-refractivity contribution in [2.75, 3.05) is 7.11 Å². The van der Waals surface area contributed by atoms with E-state index in [1.54, 1.807) is 7.11 Å². The number of benzene rings is 2. The van der Waals surface area contributed by atoms with Crippen LogP contribution in [0.4, 0.5) is 0 Å². The summed E-state index contributed by atoms with van der Waals surface area (Å²) in [6, 6.07) is 16.5. The van der Waals surface area contributed by atoms with Crippen LogP contribution in [0.15, 0.2) is 54.6 Å². The number of ether oxygens (including phenoxy) is 1. The summed E-state index contributed by atoms with van der Waals surface area (Å²) in [5.74, 6) is 5.98. The molecule has 0 aromatic heterocycles. The molecule has 1 unspecified atom stereocenters. The van der Waals surface area contributed by atoms with Crippen LogP contribution in [0.3, 0.4) is 0 Å². The standard InChI is InChI=1S/C16H15BO3/c1-20-15-10-7-13(8-11-15)9-12-16(17(18)19)14-5-3-2-4-6-14/h2-8,10-11,16,18-19H,1H3. The summed E-state index contributed by atoms with van der Waals surface area (Å²) in [6.07, 6.45) is 0. The molecule has 0 aliphatic carbocycles. The van der Waals surface area contributed by atoms with Crippen molar-refractivity contribution in [3.63, 3.8) is 0 Å². The van der Waals surface area contributed by atoms with E-state index in [-0.39, 0.29) is 0 Å². The molecule has 20 heavy (non-hydrogen) atoms. The van der Waals surface area contributed by atoms with E-state index in [0.717, 1.165) is 16.9 Å². The minimum Gasteiger partial charge on any atom is -0.497 e. The first-order valence-electron chi connectivity index (χ1n) is 6.27. The van der Waals surface area contributed by atoms with Crippen LogP contribution in [0.2, 0.25) is 0 Å². The molecule has 2 N–H and O–H groups in total. The zero-order chi connectivity index (χ0) is 14.4. The molecule has 0 saturated heterocycles. The Labute approximate surface area is 119 Å². The topological polar surface area (TPSA) is 49.7 Å². The van der Waals surface area contributed by atoms with Gasteiger partial charge in [0, 0.05) is 5.56 Å². The minimum atomic E-state index is -1.51. The molecule has 0 saturated carbocycles. The maximum Gasteiger partial charge on any atom is 0.472 e. The SMILES string of the molecule is COc1ccc(C#CC(B(O)O)c2ccccc2)cc1. The Kier molecular flexibility index (Phi) is 4.83. The number of hydrogen-bond donors (Lipinski definition) is 2. The lowest BCUT2D eigenvalue weighted by atomic mass is 9.69. The molecule has 0 amide bonds. The van der Waals surface area contributed by atoms with Crippen LogP contribution in [0.25, 0.3) is 0 Å². The Hall–Kier alpha value is -2.22. The molecule has 0 fully saturated rings. The second-order valence-electron chi connectivity index (χ2n) is 4.30. The third kappa shape index (κ3) is 3.64. The first-order chi connectivity index (χ1) is 9.70. The molecule has 0 radical (unpaired) electrons. The van der Waals surface area contributed by atoms with E-state index in [9.17, 15) is 10.0 Å². The molecule has 2 aromatic carbocycles. The maximum absolute atomic E-state index is 9.46. The van der Waals surface area contributed by atoms with E-state index in [0.29, 0.717) is 0 Å². The molecule has 2 rings (SSSR count). The van der Waals surface area contributed by atoms with Gasteiger partial charge < -0.3 is 14.8 Å². The van der Waals surface area contributed by atoms with Crippen LogP contribution < -0.4 is 4.74 Å². The van der Waals surface area contributed by atoms with Gasteiger partial charge in [-0.2, -0.15) is 0 Å². The molecule has 2 aromatic rings. The molecule has 0 aliphatic rings. The summed E-state index contributed by atoms with van der Waals surface area (Å²) < 4.78 is 5.07. The summed E-state index contributed by atoms with van der Waals surface area (Å²) in [4.78, 5) is 0. The lowest BCUT2D eigenvalue weighted by molar-refractivity contribution is 0.399. The quantitative estimate of drug-likeness (QED) is 0.658. The molecule has 3 nitrogen and oxygen atoms in total. The van der Waals surface area contributed by atoms with Crippen LogP contribution >= 0.6 is 0 Å². The summed E-state index contributed by atoms with van der Waals surface area (Å²) in [7, 11) is 0.0944. The predicted octanol–water partition coefficient (Wildman–Crippen LogP) is 1.84. The normalized spacial score (nSPS) is 11.2. The largest absolute Gasteiger partial charge is 0.497 e. The van der Waals surface area contributed by atoms with Crippen molar-refractivity contribution in [3.8, 4) is 17.6 Å². The molecule has 4 heteroatoms. The van der Waals surface area contributed by atoms with Gasteiger partial charge in [0.15, 0.2) is 0 Å². The van der Waals surface area contributed by atoms with E-state index >= 15 is 0 Å². The third-order valence-corrected chi connectivity index (χ3v) is 2.92. The fourth-order valence-corrected chi connectivity index (χ4v) is 1.83. The van der Waals surface area contributed by atoms with Crippen LogP contribution in [0, 0.1) is 11.8 Å². The Morgan fingerprint density at radius 2 is 1.65 bits per heavy atom. The number of rotatable bonds is 3. The van der Waals surface area contributed by atoms with Gasteiger partial charge in [-0.05, 0) is 29.8 Å². The first-order valence-corrected chi connectivity index (χ1v) is 6.27. The fourth-order valence-electron chi connectivity index (χ4n) is 1.83. The molecule has 100 valence electrons. The summed E-state index contributed by atoms with van der Waals surface area (Å²) >= 11 is 0. The number of methoxy groups -OCH3 is 1.